The molecule has 0 radical (unpaired) electrons. The lowest BCUT2D eigenvalue weighted by atomic mass is 10.1. The fourth-order valence-electron chi connectivity index (χ4n) is 1.45. The first kappa shape index (κ1) is 21.3. The molecule has 1 unspecified atom stereocenters. The lowest BCUT2D eigenvalue weighted by molar-refractivity contribution is 0.223. The number of thioether (sulfide) groups is 1. The van der Waals surface area contributed by atoms with Gasteiger partial charge in [0, 0.05) is 19.3 Å². The second-order valence-corrected chi connectivity index (χ2v) is 4.86. The van der Waals surface area contributed by atoms with Crippen LogP contribution in [-0.2, 0) is 0 Å². The lowest BCUT2D eigenvalue weighted by Gasteiger charge is -2.27. The Labute approximate surface area is 130 Å². The van der Waals surface area contributed by atoms with Crippen molar-refractivity contribution in [3.8, 4) is 0 Å². The third-order valence-corrected chi connectivity index (χ3v) is 3.73. The molecule has 1 amide bonds. The van der Waals surface area contributed by atoms with E-state index >= 15 is 0 Å². The van der Waals surface area contributed by atoms with E-state index in [0.29, 0.717) is 5.92 Å². The molecule has 0 spiro atoms. The van der Waals surface area contributed by atoms with Gasteiger partial charge in [-0.25, -0.2) is 0 Å². The Morgan fingerprint density at radius 1 is 1.05 bits per heavy atom. The fourth-order valence-corrected chi connectivity index (χ4v) is 2.46. The molecule has 1 saturated heterocycles. The molecule has 0 saturated carbocycles. The van der Waals surface area contributed by atoms with E-state index in [1.807, 2.05) is 76.0 Å². The monoisotopic (exact) mass is 297 g/mol. The normalized spacial score (nSPS) is 16.6. The topological polar surface area (TPSA) is 20.3 Å². The molecular weight excluding hydrogens is 266 g/mol. The molecule has 1 aromatic carbocycles. The number of carbonyl (C=O) groups excluding carboxylic acids is 1. The first-order valence-electron chi connectivity index (χ1n) is 7.62. The molecule has 0 bridgehead atoms. The van der Waals surface area contributed by atoms with Gasteiger partial charge in [0.2, 0.25) is 0 Å². The van der Waals surface area contributed by atoms with Gasteiger partial charge in [0.15, 0.2) is 0 Å². The van der Waals surface area contributed by atoms with Gasteiger partial charge in [-0.05, 0) is 5.92 Å². The van der Waals surface area contributed by atoms with Gasteiger partial charge in [0.1, 0.15) is 0 Å². The second kappa shape index (κ2) is 16.1. The van der Waals surface area contributed by atoms with Crippen LogP contribution in [0, 0.1) is 5.92 Å². The summed E-state index contributed by atoms with van der Waals surface area (Å²) >= 11 is 1.45. The zero-order chi connectivity index (χ0) is 15.8. The number of rotatable bonds is 1. The molecule has 0 aromatic heterocycles. The largest absolute Gasteiger partial charge is 0.336 e. The summed E-state index contributed by atoms with van der Waals surface area (Å²) in [7, 11) is 1.87. The molecule has 2 rings (SSSR count). The molecular formula is C17H31NOS. The fraction of sp³-hybridized carbons (Fsp3) is 0.588. The molecule has 1 aliphatic heterocycles. The molecule has 0 aliphatic carbocycles. The molecule has 2 nitrogen and oxygen atoms in total. The van der Waals surface area contributed by atoms with E-state index < -0.39 is 0 Å². The highest BCUT2D eigenvalue weighted by molar-refractivity contribution is 8.13. The van der Waals surface area contributed by atoms with Crippen molar-refractivity contribution in [2.75, 3.05) is 19.3 Å². The quantitative estimate of drug-likeness (QED) is 0.677. The Bertz CT molecular complexity index is 276. The van der Waals surface area contributed by atoms with Gasteiger partial charge in [0.25, 0.3) is 5.24 Å². The summed E-state index contributed by atoms with van der Waals surface area (Å²) in [5.41, 5.74) is 0. The average Bonchev–Trinajstić information content (AvgIpc) is 2.56. The van der Waals surface area contributed by atoms with Crippen molar-refractivity contribution in [1.82, 2.24) is 4.90 Å². The van der Waals surface area contributed by atoms with Crippen molar-refractivity contribution in [3.63, 3.8) is 0 Å². The Hall–Kier alpha value is -0.960. The van der Waals surface area contributed by atoms with Crippen LogP contribution in [0.3, 0.4) is 0 Å². The smallest absolute Gasteiger partial charge is 0.281 e. The number of hydrogen-bond donors (Lipinski definition) is 0. The number of benzene rings is 1. The van der Waals surface area contributed by atoms with Crippen LogP contribution in [0.25, 0.3) is 0 Å². The Balaban J connectivity index is 0. The van der Waals surface area contributed by atoms with Gasteiger partial charge in [-0.1, -0.05) is 89.2 Å². The van der Waals surface area contributed by atoms with Crippen molar-refractivity contribution < 1.29 is 4.79 Å². The molecule has 0 N–H and O–H groups in total. The Morgan fingerprint density at radius 2 is 1.45 bits per heavy atom. The van der Waals surface area contributed by atoms with Crippen LogP contribution in [0.1, 0.15) is 41.0 Å². The Morgan fingerprint density at radius 3 is 1.75 bits per heavy atom. The molecule has 1 heterocycles. The maximum Gasteiger partial charge on any atom is 0.281 e. The minimum atomic E-state index is 0.227. The average molecular weight is 298 g/mol. The van der Waals surface area contributed by atoms with Crippen molar-refractivity contribution in [3.05, 3.63) is 36.4 Å². The van der Waals surface area contributed by atoms with Crippen molar-refractivity contribution in [2.24, 2.45) is 5.92 Å². The predicted octanol–water partition coefficient (Wildman–Crippen LogP) is 5.55. The summed E-state index contributed by atoms with van der Waals surface area (Å²) in [4.78, 5) is 12.8. The zero-order valence-electron chi connectivity index (χ0n) is 13.9. The molecule has 20 heavy (non-hydrogen) atoms. The van der Waals surface area contributed by atoms with Gasteiger partial charge in [-0.3, -0.25) is 4.79 Å². The van der Waals surface area contributed by atoms with Gasteiger partial charge < -0.3 is 4.90 Å². The van der Waals surface area contributed by atoms with Crippen LogP contribution >= 0.6 is 11.8 Å². The van der Waals surface area contributed by atoms with Crippen LogP contribution in [0.5, 0.6) is 0 Å². The van der Waals surface area contributed by atoms with Crippen molar-refractivity contribution in [1.29, 1.82) is 0 Å². The van der Waals surface area contributed by atoms with Crippen LogP contribution in [0.4, 0.5) is 4.79 Å². The van der Waals surface area contributed by atoms with Crippen LogP contribution in [-0.4, -0.2) is 29.5 Å². The van der Waals surface area contributed by atoms with Crippen molar-refractivity contribution >= 4 is 17.0 Å². The maximum absolute atomic E-state index is 10.9. The molecule has 116 valence electrons. The standard InChI is InChI=1S/C7H13NOS.C6H6.2C2H6/c1-3-6-4-8(2)7(9)10-5-6;1-2-4-6-5-3-1;2*1-2/h6H,3-5H2,1-2H3;1-6H;2*1-2H3. The van der Waals surface area contributed by atoms with E-state index in [1.54, 1.807) is 0 Å². The summed E-state index contributed by atoms with van der Waals surface area (Å²) in [5, 5.41) is 0.227. The van der Waals surface area contributed by atoms with Gasteiger partial charge in [-0.15, -0.1) is 0 Å². The third-order valence-electron chi connectivity index (χ3n) is 2.53. The summed E-state index contributed by atoms with van der Waals surface area (Å²) in [5.74, 6) is 1.73. The van der Waals surface area contributed by atoms with Crippen molar-refractivity contribution in [2.45, 2.75) is 41.0 Å². The van der Waals surface area contributed by atoms with Gasteiger partial charge in [-0.2, -0.15) is 0 Å². The van der Waals surface area contributed by atoms with E-state index in [1.165, 1.54) is 18.2 Å². The molecule has 1 aliphatic rings. The first-order chi connectivity index (χ1) is 9.74. The minimum Gasteiger partial charge on any atom is -0.336 e. The number of nitrogens with zero attached hydrogens (tertiary/aromatic N) is 1. The second-order valence-electron chi connectivity index (χ2n) is 3.89. The van der Waals surface area contributed by atoms with Crippen LogP contribution in [0.2, 0.25) is 0 Å². The summed E-state index contributed by atoms with van der Waals surface area (Å²) in [6.45, 7) is 11.1. The zero-order valence-corrected chi connectivity index (χ0v) is 14.7. The van der Waals surface area contributed by atoms with E-state index in [9.17, 15) is 4.79 Å². The summed E-state index contributed by atoms with van der Waals surface area (Å²) < 4.78 is 0. The number of amides is 1. The highest BCUT2D eigenvalue weighted by Crippen LogP contribution is 2.21. The van der Waals surface area contributed by atoms with Gasteiger partial charge >= 0.3 is 0 Å². The number of carbonyl (C=O) groups is 1. The Kier molecular flexibility index (Phi) is 17.2. The predicted molar refractivity (Wildman–Crippen MR) is 93.4 cm³/mol. The minimum absolute atomic E-state index is 0.227. The third kappa shape index (κ3) is 10.9. The molecule has 1 fully saturated rings. The van der Waals surface area contributed by atoms with Crippen LogP contribution < -0.4 is 0 Å². The molecule has 1 atom stereocenters. The number of hydrogen-bond acceptors (Lipinski definition) is 2. The van der Waals surface area contributed by atoms with E-state index in [2.05, 4.69) is 6.92 Å². The SMILES string of the molecule is CC.CC.CCC1CSC(=O)N(C)C1.c1ccccc1. The highest BCUT2D eigenvalue weighted by atomic mass is 32.2. The van der Waals surface area contributed by atoms with E-state index in [4.69, 9.17) is 0 Å². The lowest BCUT2D eigenvalue weighted by Crippen LogP contribution is -2.34. The van der Waals surface area contributed by atoms with Gasteiger partial charge in [0.05, 0.1) is 0 Å². The van der Waals surface area contributed by atoms with E-state index in [-0.39, 0.29) is 5.24 Å². The summed E-state index contributed by atoms with van der Waals surface area (Å²) in [6.07, 6.45) is 1.19. The summed E-state index contributed by atoms with van der Waals surface area (Å²) in [6, 6.07) is 12.0. The van der Waals surface area contributed by atoms with Crippen LogP contribution in [0.15, 0.2) is 36.4 Å². The van der Waals surface area contributed by atoms with E-state index in [0.717, 1.165) is 12.3 Å². The first-order valence-corrected chi connectivity index (χ1v) is 8.60. The highest BCUT2D eigenvalue weighted by Gasteiger charge is 2.21. The molecule has 1 aromatic rings. The molecule has 3 heteroatoms. The maximum atomic E-state index is 10.9.